The summed E-state index contributed by atoms with van der Waals surface area (Å²) in [7, 11) is 2.02. The van der Waals surface area contributed by atoms with Crippen LogP contribution in [0.3, 0.4) is 0 Å². The molecule has 0 radical (unpaired) electrons. The van der Waals surface area contributed by atoms with Gasteiger partial charge in [-0.2, -0.15) is 0 Å². The smallest absolute Gasteiger partial charge is 0.0345 e. The zero-order valence-electron chi connectivity index (χ0n) is 12.0. The summed E-state index contributed by atoms with van der Waals surface area (Å²) in [6, 6.07) is 17.3. The molecule has 0 amide bonds. The van der Waals surface area contributed by atoms with Crippen LogP contribution in [0, 0.1) is 0 Å². The van der Waals surface area contributed by atoms with Crippen molar-refractivity contribution in [2.75, 3.05) is 13.6 Å². The summed E-state index contributed by atoms with van der Waals surface area (Å²) in [4.78, 5) is 0. The zero-order valence-corrected chi connectivity index (χ0v) is 14.4. The Hall–Kier alpha value is -1.16. The second kappa shape index (κ2) is 6.73. The van der Waals surface area contributed by atoms with Crippen molar-refractivity contribution in [3.05, 3.63) is 69.5 Å². The Kier molecular flexibility index (Phi) is 4.73. The zero-order chi connectivity index (χ0) is 14.7. The average Bonchev–Trinajstić information content (AvgIpc) is 2.90. The lowest BCUT2D eigenvalue weighted by atomic mass is 9.92. The van der Waals surface area contributed by atoms with E-state index in [4.69, 9.17) is 0 Å². The van der Waals surface area contributed by atoms with Crippen LogP contribution in [0.1, 0.15) is 17.0 Å². The van der Waals surface area contributed by atoms with E-state index >= 15 is 0 Å². The van der Waals surface area contributed by atoms with Crippen LogP contribution in [0.5, 0.6) is 0 Å². The molecule has 0 saturated heterocycles. The highest BCUT2D eigenvalue weighted by Gasteiger charge is 2.14. The second-order valence-electron chi connectivity index (χ2n) is 5.27. The van der Waals surface area contributed by atoms with Crippen LogP contribution in [0.25, 0.3) is 10.1 Å². The van der Waals surface area contributed by atoms with E-state index in [0.717, 1.165) is 17.4 Å². The van der Waals surface area contributed by atoms with Crippen molar-refractivity contribution in [1.82, 2.24) is 5.32 Å². The summed E-state index contributed by atoms with van der Waals surface area (Å²) in [6.07, 6.45) is 1.07. The van der Waals surface area contributed by atoms with Gasteiger partial charge in [0.05, 0.1) is 0 Å². The lowest BCUT2D eigenvalue weighted by molar-refractivity contribution is 0.628. The standard InChI is InChI=1S/C18H18BrNS/c1-20-11-14(13-5-4-6-16(19)10-13)9-15-12-21-18-8-3-2-7-17(15)18/h2-8,10,12,14,20H,9,11H2,1H3. The summed E-state index contributed by atoms with van der Waals surface area (Å²) < 4.78 is 2.53. The molecule has 3 aromatic rings. The van der Waals surface area contributed by atoms with Crippen LogP contribution in [0.15, 0.2) is 58.4 Å². The predicted octanol–water partition coefficient (Wildman–Crippen LogP) is 5.21. The molecule has 0 bridgehead atoms. The van der Waals surface area contributed by atoms with E-state index in [1.54, 1.807) is 0 Å². The van der Waals surface area contributed by atoms with Gasteiger partial charge in [-0.15, -0.1) is 11.3 Å². The Balaban J connectivity index is 1.92. The number of halogens is 1. The van der Waals surface area contributed by atoms with Gasteiger partial charge in [-0.3, -0.25) is 0 Å². The molecule has 1 aromatic heterocycles. The Labute approximate surface area is 138 Å². The molecule has 0 fully saturated rings. The van der Waals surface area contributed by atoms with Crippen molar-refractivity contribution >= 4 is 37.4 Å². The van der Waals surface area contributed by atoms with Gasteiger partial charge in [-0.25, -0.2) is 0 Å². The molecule has 0 spiro atoms. The fourth-order valence-corrected chi connectivity index (χ4v) is 4.16. The molecule has 1 N–H and O–H groups in total. The minimum Gasteiger partial charge on any atom is -0.319 e. The van der Waals surface area contributed by atoms with Gasteiger partial charge in [0.1, 0.15) is 0 Å². The highest BCUT2D eigenvalue weighted by atomic mass is 79.9. The summed E-state index contributed by atoms with van der Waals surface area (Å²) in [5.74, 6) is 0.491. The van der Waals surface area contributed by atoms with E-state index in [1.165, 1.54) is 21.2 Å². The molecule has 1 nitrogen and oxygen atoms in total. The van der Waals surface area contributed by atoms with E-state index in [9.17, 15) is 0 Å². The molecule has 0 aliphatic carbocycles. The van der Waals surface area contributed by atoms with E-state index in [2.05, 4.69) is 75.2 Å². The van der Waals surface area contributed by atoms with Crippen molar-refractivity contribution < 1.29 is 0 Å². The Morgan fingerprint density at radius 1 is 1.14 bits per heavy atom. The van der Waals surface area contributed by atoms with E-state index in [1.807, 2.05) is 18.4 Å². The van der Waals surface area contributed by atoms with Crippen LogP contribution < -0.4 is 5.32 Å². The molecule has 2 aromatic carbocycles. The van der Waals surface area contributed by atoms with Crippen molar-refractivity contribution in [3.8, 4) is 0 Å². The summed E-state index contributed by atoms with van der Waals surface area (Å²) in [5.41, 5.74) is 2.84. The van der Waals surface area contributed by atoms with Crippen molar-refractivity contribution in [3.63, 3.8) is 0 Å². The molecule has 3 rings (SSSR count). The first-order chi connectivity index (χ1) is 10.3. The molecule has 108 valence electrons. The van der Waals surface area contributed by atoms with E-state index < -0.39 is 0 Å². The maximum absolute atomic E-state index is 3.58. The van der Waals surface area contributed by atoms with Crippen LogP contribution >= 0.6 is 27.3 Å². The summed E-state index contributed by atoms with van der Waals surface area (Å²) in [5, 5.41) is 7.05. The van der Waals surface area contributed by atoms with Gasteiger partial charge < -0.3 is 5.32 Å². The first-order valence-corrected chi connectivity index (χ1v) is 8.80. The number of fused-ring (bicyclic) bond motifs is 1. The van der Waals surface area contributed by atoms with Crippen LogP contribution in [0.4, 0.5) is 0 Å². The number of likely N-dealkylation sites (N-methyl/N-ethyl adjacent to an activating group) is 1. The van der Waals surface area contributed by atoms with Gasteiger partial charge in [0.15, 0.2) is 0 Å². The highest BCUT2D eigenvalue weighted by Crippen LogP contribution is 2.30. The molecule has 1 unspecified atom stereocenters. The van der Waals surface area contributed by atoms with Gasteiger partial charge in [-0.05, 0) is 53.6 Å². The molecule has 0 aliphatic heterocycles. The number of nitrogens with one attached hydrogen (secondary N) is 1. The Morgan fingerprint density at radius 2 is 2.00 bits per heavy atom. The first-order valence-electron chi connectivity index (χ1n) is 7.13. The molecule has 0 aliphatic rings. The molecular formula is C18H18BrNS. The lowest BCUT2D eigenvalue weighted by Gasteiger charge is -2.17. The molecule has 3 heteroatoms. The van der Waals surface area contributed by atoms with Crippen LogP contribution in [-0.2, 0) is 6.42 Å². The third-order valence-corrected chi connectivity index (χ3v) is 5.30. The van der Waals surface area contributed by atoms with Gasteiger partial charge in [0, 0.05) is 21.6 Å². The fourth-order valence-electron chi connectivity index (χ4n) is 2.77. The number of thiophene rings is 1. The quantitative estimate of drug-likeness (QED) is 0.659. The molecule has 1 atom stereocenters. The number of hydrogen-bond donors (Lipinski definition) is 1. The third-order valence-electron chi connectivity index (χ3n) is 3.80. The Bertz CT molecular complexity index is 735. The minimum absolute atomic E-state index is 0.491. The summed E-state index contributed by atoms with van der Waals surface area (Å²) in [6.45, 7) is 0.987. The third kappa shape index (κ3) is 3.37. The molecule has 21 heavy (non-hydrogen) atoms. The SMILES string of the molecule is CNCC(Cc1csc2ccccc12)c1cccc(Br)c1. The topological polar surface area (TPSA) is 12.0 Å². The van der Waals surface area contributed by atoms with Gasteiger partial charge in [0.25, 0.3) is 0 Å². The predicted molar refractivity (Wildman–Crippen MR) is 96.3 cm³/mol. The molecule has 0 saturated carbocycles. The number of rotatable bonds is 5. The monoisotopic (exact) mass is 359 g/mol. The number of benzene rings is 2. The highest BCUT2D eigenvalue weighted by molar-refractivity contribution is 9.10. The number of hydrogen-bond acceptors (Lipinski definition) is 2. The molecule has 1 heterocycles. The largest absolute Gasteiger partial charge is 0.319 e. The van der Waals surface area contributed by atoms with Gasteiger partial charge in [-0.1, -0.05) is 46.3 Å². The summed E-state index contributed by atoms with van der Waals surface area (Å²) >= 11 is 5.42. The van der Waals surface area contributed by atoms with Gasteiger partial charge in [0.2, 0.25) is 0 Å². The van der Waals surface area contributed by atoms with Crippen molar-refractivity contribution in [1.29, 1.82) is 0 Å². The van der Waals surface area contributed by atoms with Crippen molar-refractivity contribution in [2.45, 2.75) is 12.3 Å². The minimum atomic E-state index is 0.491. The first kappa shape index (κ1) is 14.8. The molecular weight excluding hydrogens is 342 g/mol. The lowest BCUT2D eigenvalue weighted by Crippen LogP contribution is -2.19. The maximum atomic E-state index is 3.58. The van der Waals surface area contributed by atoms with E-state index in [0.29, 0.717) is 5.92 Å². The second-order valence-corrected chi connectivity index (χ2v) is 7.10. The van der Waals surface area contributed by atoms with Crippen LogP contribution in [-0.4, -0.2) is 13.6 Å². The van der Waals surface area contributed by atoms with Crippen LogP contribution in [0.2, 0.25) is 0 Å². The Morgan fingerprint density at radius 3 is 2.81 bits per heavy atom. The fraction of sp³-hybridized carbons (Fsp3) is 0.222. The maximum Gasteiger partial charge on any atom is 0.0345 e. The van der Waals surface area contributed by atoms with Gasteiger partial charge >= 0.3 is 0 Å². The van der Waals surface area contributed by atoms with Crippen molar-refractivity contribution in [2.24, 2.45) is 0 Å². The average molecular weight is 360 g/mol. The van der Waals surface area contributed by atoms with E-state index in [-0.39, 0.29) is 0 Å². The normalized spacial score (nSPS) is 12.7.